The standard InChI is InChI=1S/C35H25N9/c36-31-24-8-1-2-11-29(24)43(22-13-15-27(41-20-22)25-9-3-5-17-38-25)34(31)35-32(37)33-30(12-7-19-40-33)44(35)23-14-16-28(42-21-23)26-10-4-6-18-39-26/h1-21H,36-37H2. The van der Waals surface area contributed by atoms with Crippen LogP contribution in [-0.4, -0.2) is 34.1 Å². The van der Waals surface area contributed by atoms with Crippen molar-refractivity contribution in [3.63, 3.8) is 0 Å². The van der Waals surface area contributed by atoms with Crippen LogP contribution in [0.3, 0.4) is 0 Å². The first-order valence-electron chi connectivity index (χ1n) is 14.1. The maximum Gasteiger partial charge on any atom is 0.112 e. The summed E-state index contributed by atoms with van der Waals surface area (Å²) in [6.45, 7) is 0. The molecule has 44 heavy (non-hydrogen) atoms. The highest BCUT2D eigenvalue weighted by molar-refractivity contribution is 6.08. The van der Waals surface area contributed by atoms with Crippen LogP contribution in [0.5, 0.6) is 0 Å². The SMILES string of the molecule is Nc1c(-c2c(N)c3ncccc3n2-c2ccc(-c3ccccn3)nc2)n(-c2ccc(-c3ccccn3)nc2)c2ccccc12. The molecular weight excluding hydrogens is 546 g/mol. The second kappa shape index (κ2) is 10.2. The van der Waals surface area contributed by atoms with E-state index in [-0.39, 0.29) is 0 Å². The minimum Gasteiger partial charge on any atom is -0.396 e. The topological polar surface area (TPSA) is 126 Å². The Morgan fingerprint density at radius 2 is 0.955 bits per heavy atom. The van der Waals surface area contributed by atoms with Crippen molar-refractivity contribution >= 4 is 33.3 Å². The summed E-state index contributed by atoms with van der Waals surface area (Å²) in [6, 6.07) is 31.5. The van der Waals surface area contributed by atoms with Gasteiger partial charge in [-0.05, 0) is 66.7 Å². The summed E-state index contributed by atoms with van der Waals surface area (Å²) < 4.78 is 4.18. The smallest absolute Gasteiger partial charge is 0.112 e. The molecule has 4 N–H and O–H groups in total. The number of hydrogen-bond donors (Lipinski definition) is 2. The Balaban J connectivity index is 1.38. The number of pyridine rings is 5. The van der Waals surface area contributed by atoms with E-state index in [4.69, 9.17) is 21.4 Å². The third-order valence-electron chi connectivity index (χ3n) is 7.77. The van der Waals surface area contributed by atoms with E-state index in [2.05, 4.69) is 24.1 Å². The van der Waals surface area contributed by atoms with Gasteiger partial charge >= 0.3 is 0 Å². The first-order valence-corrected chi connectivity index (χ1v) is 14.1. The summed E-state index contributed by atoms with van der Waals surface area (Å²) in [7, 11) is 0. The Morgan fingerprint density at radius 3 is 1.55 bits per heavy atom. The van der Waals surface area contributed by atoms with Gasteiger partial charge in [-0.2, -0.15) is 0 Å². The second-order valence-corrected chi connectivity index (χ2v) is 10.3. The van der Waals surface area contributed by atoms with E-state index < -0.39 is 0 Å². The lowest BCUT2D eigenvalue weighted by atomic mass is 10.2. The molecule has 8 rings (SSSR count). The Morgan fingerprint density at radius 1 is 0.432 bits per heavy atom. The number of para-hydroxylation sites is 1. The molecule has 9 nitrogen and oxygen atoms in total. The summed E-state index contributed by atoms with van der Waals surface area (Å²) in [6.07, 6.45) is 8.93. The number of rotatable bonds is 5. The first-order chi connectivity index (χ1) is 21.7. The van der Waals surface area contributed by atoms with Crippen LogP contribution in [0, 0.1) is 0 Å². The lowest BCUT2D eigenvalue weighted by Gasteiger charge is -2.16. The summed E-state index contributed by atoms with van der Waals surface area (Å²) in [4.78, 5) is 23.1. The molecule has 0 radical (unpaired) electrons. The van der Waals surface area contributed by atoms with Crippen molar-refractivity contribution in [3.8, 4) is 45.5 Å². The number of nitrogen functional groups attached to an aromatic ring is 2. The zero-order valence-corrected chi connectivity index (χ0v) is 23.4. The van der Waals surface area contributed by atoms with Gasteiger partial charge in [-0.3, -0.25) is 24.9 Å². The van der Waals surface area contributed by atoms with Crippen LogP contribution in [0.15, 0.2) is 128 Å². The van der Waals surface area contributed by atoms with Gasteiger partial charge in [0.25, 0.3) is 0 Å². The molecule has 8 aromatic rings. The van der Waals surface area contributed by atoms with Crippen LogP contribution in [0.1, 0.15) is 0 Å². The summed E-state index contributed by atoms with van der Waals surface area (Å²) in [5.41, 5.74) is 23.8. The van der Waals surface area contributed by atoms with Crippen molar-refractivity contribution in [2.75, 3.05) is 11.5 Å². The Labute approximate surface area is 252 Å². The first kappa shape index (κ1) is 25.4. The molecule has 210 valence electrons. The number of benzene rings is 1. The van der Waals surface area contributed by atoms with Crippen LogP contribution in [0.25, 0.3) is 67.5 Å². The van der Waals surface area contributed by atoms with Crippen LogP contribution < -0.4 is 11.5 Å². The third-order valence-corrected chi connectivity index (χ3v) is 7.77. The van der Waals surface area contributed by atoms with Crippen molar-refractivity contribution in [2.45, 2.75) is 0 Å². The summed E-state index contributed by atoms with van der Waals surface area (Å²) in [5, 5.41) is 0.907. The van der Waals surface area contributed by atoms with Crippen LogP contribution >= 0.6 is 0 Å². The second-order valence-electron chi connectivity index (χ2n) is 10.3. The van der Waals surface area contributed by atoms with Crippen LogP contribution in [-0.2, 0) is 0 Å². The molecule has 1 aromatic carbocycles. The maximum atomic E-state index is 7.00. The highest BCUT2D eigenvalue weighted by atomic mass is 15.1. The Bertz CT molecular complexity index is 2110. The van der Waals surface area contributed by atoms with Gasteiger partial charge in [0.1, 0.15) is 5.52 Å². The van der Waals surface area contributed by atoms with Gasteiger partial charge in [0.2, 0.25) is 0 Å². The molecule has 9 heteroatoms. The summed E-state index contributed by atoms with van der Waals surface area (Å²) in [5.74, 6) is 0. The van der Waals surface area contributed by atoms with Crippen molar-refractivity contribution in [2.24, 2.45) is 0 Å². The van der Waals surface area contributed by atoms with Gasteiger partial charge in [-0.25, -0.2) is 0 Å². The number of fused-ring (bicyclic) bond motifs is 2. The van der Waals surface area contributed by atoms with Gasteiger partial charge in [0.05, 0.1) is 80.3 Å². The Hall–Kier alpha value is -6.35. The quantitative estimate of drug-likeness (QED) is 0.235. The average Bonchev–Trinajstić information content (AvgIpc) is 3.55. The van der Waals surface area contributed by atoms with E-state index in [0.717, 1.165) is 56.3 Å². The lowest BCUT2D eigenvalue weighted by Crippen LogP contribution is -2.06. The van der Waals surface area contributed by atoms with Gasteiger partial charge in [-0.15, -0.1) is 0 Å². The van der Waals surface area contributed by atoms with E-state index in [1.54, 1.807) is 18.6 Å². The highest BCUT2D eigenvalue weighted by Gasteiger charge is 2.27. The normalized spacial score (nSPS) is 11.4. The van der Waals surface area contributed by atoms with Gasteiger partial charge in [0.15, 0.2) is 0 Å². The fraction of sp³-hybridized carbons (Fsp3) is 0. The molecule has 0 amide bonds. The van der Waals surface area contributed by atoms with Crippen molar-refractivity contribution in [1.82, 2.24) is 34.1 Å². The molecule has 0 atom stereocenters. The molecule has 0 saturated carbocycles. The number of aromatic nitrogens is 7. The van der Waals surface area contributed by atoms with Gasteiger partial charge < -0.3 is 20.6 Å². The van der Waals surface area contributed by atoms with Crippen molar-refractivity contribution in [1.29, 1.82) is 0 Å². The number of hydrogen-bond acceptors (Lipinski definition) is 7. The maximum absolute atomic E-state index is 7.00. The minimum absolute atomic E-state index is 0.517. The lowest BCUT2D eigenvalue weighted by molar-refractivity contribution is 1.05. The van der Waals surface area contributed by atoms with Gasteiger partial charge in [-0.1, -0.05) is 30.3 Å². The largest absolute Gasteiger partial charge is 0.396 e. The highest BCUT2D eigenvalue weighted by Crippen LogP contribution is 2.45. The van der Waals surface area contributed by atoms with Crippen LogP contribution in [0.4, 0.5) is 11.4 Å². The molecule has 0 fully saturated rings. The van der Waals surface area contributed by atoms with E-state index in [1.165, 1.54) is 0 Å². The fourth-order valence-corrected chi connectivity index (χ4v) is 5.77. The zero-order valence-electron chi connectivity index (χ0n) is 23.4. The van der Waals surface area contributed by atoms with Crippen molar-refractivity contribution in [3.05, 3.63) is 128 Å². The molecular formula is C35H25N9. The van der Waals surface area contributed by atoms with E-state index >= 15 is 0 Å². The molecule has 0 spiro atoms. The molecule has 0 aliphatic carbocycles. The predicted molar refractivity (Wildman–Crippen MR) is 174 cm³/mol. The predicted octanol–water partition coefficient (Wildman–Crippen LogP) is 6.71. The van der Waals surface area contributed by atoms with Gasteiger partial charge in [0, 0.05) is 24.0 Å². The molecule has 7 aromatic heterocycles. The number of nitrogens with zero attached hydrogens (tertiary/aromatic N) is 7. The van der Waals surface area contributed by atoms with E-state index in [9.17, 15) is 0 Å². The van der Waals surface area contributed by atoms with Crippen molar-refractivity contribution < 1.29 is 0 Å². The van der Waals surface area contributed by atoms with E-state index in [0.29, 0.717) is 22.6 Å². The zero-order chi connectivity index (χ0) is 29.6. The van der Waals surface area contributed by atoms with E-state index in [1.807, 2.05) is 109 Å². The average molecular weight is 572 g/mol. The number of anilines is 2. The molecule has 0 unspecified atom stereocenters. The number of nitrogens with two attached hydrogens (primary N) is 2. The van der Waals surface area contributed by atoms with Crippen LogP contribution in [0.2, 0.25) is 0 Å². The molecule has 0 aliphatic rings. The summed E-state index contributed by atoms with van der Waals surface area (Å²) >= 11 is 0. The monoisotopic (exact) mass is 571 g/mol. The Kier molecular flexibility index (Phi) is 5.87. The fourth-order valence-electron chi connectivity index (χ4n) is 5.77. The third kappa shape index (κ3) is 3.98. The molecule has 7 heterocycles. The molecule has 0 bridgehead atoms. The molecule has 0 aliphatic heterocycles. The minimum atomic E-state index is 0.517. The molecule has 0 saturated heterocycles.